The minimum absolute atomic E-state index is 0.0130. The predicted molar refractivity (Wildman–Crippen MR) is 252 cm³/mol. The van der Waals surface area contributed by atoms with Crippen molar-refractivity contribution in [3.05, 3.63) is 120 Å². The van der Waals surface area contributed by atoms with Crippen LogP contribution in [0.25, 0.3) is 44.7 Å². The number of likely N-dealkylation sites (tertiary alicyclic amines) is 2. The third-order valence-electron chi connectivity index (χ3n) is 13.4. The number of aromatic nitrogens is 6. The molecule has 13 nitrogen and oxygen atoms in total. The van der Waals surface area contributed by atoms with Gasteiger partial charge in [0.25, 0.3) is 0 Å². The molecule has 350 valence electrons. The predicted octanol–water partition coefficient (Wildman–Crippen LogP) is 8.52. The number of aliphatic hydroxyl groups is 2. The molecule has 11 rings (SSSR count). The maximum absolute atomic E-state index is 13.1. The van der Waals surface area contributed by atoms with E-state index in [0.29, 0.717) is 16.8 Å². The van der Waals surface area contributed by atoms with E-state index in [1.807, 2.05) is 55.0 Å². The first-order chi connectivity index (χ1) is 32.3. The summed E-state index contributed by atoms with van der Waals surface area (Å²) >= 11 is 3.45. The fraction of sp³-hybridized carbons (Fsp3) is 0.400. The molecular weight excluding hydrogens is 928 g/mol. The summed E-state index contributed by atoms with van der Waals surface area (Å²) in [4.78, 5) is 13.9. The average Bonchev–Trinajstić information content (AvgIpc) is 4.19. The van der Waals surface area contributed by atoms with E-state index in [1.165, 1.54) is 12.1 Å². The summed E-state index contributed by atoms with van der Waals surface area (Å²) in [7, 11) is 0. The smallest absolute Gasteiger partial charge is 0.407 e. The standard InChI is InChI=1S/C29H30F3N5O2.C21H23BrN4O2/c30-29(31,32)26(33)21-3-1-2-20(14-21)25-16-35-37-17-22(15-34-27(25)37)19-4-6-24(7-5-19)39-28(10-11-28)18-36-12-8-23(38)9-13-36;22-19-12-24-26-13-16(11-23-20(19)26)15-1-3-18(4-2-15)28-21(7-8-21)14-25-9-5-17(27)6-10-25/h1-7,14-17,23,26,38H,8-13,18,33H2;1-4,11-13,17,27H,5-10,14H2. The average molecular weight is 981 g/mol. The van der Waals surface area contributed by atoms with Crippen molar-refractivity contribution in [1.82, 2.24) is 39.0 Å². The number of hydrogen-bond acceptors (Lipinski definition) is 11. The van der Waals surface area contributed by atoms with Gasteiger partial charge in [0.05, 0.1) is 29.1 Å². The van der Waals surface area contributed by atoms with E-state index in [-0.39, 0.29) is 29.0 Å². The molecule has 0 amide bonds. The lowest BCUT2D eigenvalue weighted by Crippen LogP contribution is -2.43. The summed E-state index contributed by atoms with van der Waals surface area (Å²) in [6.07, 6.45) is 13.6. The van der Waals surface area contributed by atoms with Crippen LogP contribution in [0.1, 0.15) is 63.0 Å². The molecule has 6 heterocycles. The van der Waals surface area contributed by atoms with Crippen LogP contribution >= 0.6 is 15.9 Å². The van der Waals surface area contributed by atoms with Gasteiger partial charge in [-0.2, -0.15) is 23.4 Å². The van der Waals surface area contributed by atoms with Crippen LogP contribution in [-0.2, 0) is 0 Å². The zero-order chi connectivity index (χ0) is 46.3. The van der Waals surface area contributed by atoms with E-state index < -0.39 is 12.2 Å². The largest absolute Gasteiger partial charge is 0.486 e. The monoisotopic (exact) mass is 979 g/mol. The van der Waals surface area contributed by atoms with Gasteiger partial charge in [-0.1, -0.05) is 42.5 Å². The highest BCUT2D eigenvalue weighted by Crippen LogP contribution is 2.43. The number of alkyl halides is 3. The second kappa shape index (κ2) is 18.6. The van der Waals surface area contributed by atoms with Crippen molar-refractivity contribution in [2.75, 3.05) is 39.3 Å². The first-order valence-corrected chi connectivity index (χ1v) is 23.7. The summed E-state index contributed by atoms with van der Waals surface area (Å²) in [5.74, 6) is 1.73. The van der Waals surface area contributed by atoms with Crippen LogP contribution in [-0.4, -0.2) is 118 Å². The van der Waals surface area contributed by atoms with E-state index in [4.69, 9.17) is 15.2 Å². The third-order valence-corrected chi connectivity index (χ3v) is 13.9. The summed E-state index contributed by atoms with van der Waals surface area (Å²) in [6.45, 7) is 5.57. The SMILES string of the molecule is NC(c1cccc(-c2cnn3cc(-c4ccc(OC5(CN6CCC(O)CC6)CC5)cc4)cnc23)c1)C(F)(F)F.OC1CCN(CC2(Oc3ccc(-c4cnc5c(Br)cnn5c4)cc3)CC2)CC1. The van der Waals surface area contributed by atoms with E-state index in [9.17, 15) is 23.4 Å². The minimum atomic E-state index is -4.52. The first kappa shape index (κ1) is 45.4. The first-order valence-electron chi connectivity index (χ1n) is 22.9. The van der Waals surface area contributed by atoms with Crippen molar-refractivity contribution >= 4 is 27.2 Å². The van der Waals surface area contributed by atoms with Gasteiger partial charge in [0.15, 0.2) is 11.3 Å². The number of rotatable bonds is 12. The molecule has 2 aliphatic heterocycles. The van der Waals surface area contributed by atoms with Gasteiger partial charge in [-0.05, 0) is 120 Å². The van der Waals surface area contributed by atoms with Crippen molar-refractivity contribution < 1.29 is 32.9 Å². The van der Waals surface area contributed by atoms with Gasteiger partial charge in [0, 0.05) is 80.7 Å². The number of halogens is 4. The lowest BCUT2D eigenvalue weighted by atomic mass is 10.0. The Bertz CT molecular complexity index is 2810. The molecule has 7 aromatic rings. The highest BCUT2D eigenvalue weighted by Gasteiger charge is 2.48. The Balaban J connectivity index is 0.000000165. The second-order valence-electron chi connectivity index (χ2n) is 18.6. The Labute approximate surface area is 394 Å². The summed E-state index contributed by atoms with van der Waals surface area (Å²) in [5.41, 5.74) is 11.6. The van der Waals surface area contributed by atoms with Gasteiger partial charge < -0.3 is 25.4 Å². The zero-order valence-electron chi connectivity index (χ0n) is 36.9. The van der Waals surface area contributed by atoms with Crippen LogP contribution in [0.2, 0.25) is 0 Å². The molecule has 0 bridgehead atoms. The molecule has 67 heavy (non-hydrogen) atoms. The Morgan fingerprint density at radius 3 is 1.61 bits per heavy atom. The normalized spacial score (nSPS) is 19.2. The Hall–Kier alpha value is -5.43. The molecule has 2 saturated carbocycles. The highest BCUT2D eigenvalue weighted by atomic mass is 79.9. The van der Waals surface area contributed by atoms with Crippen LogP contribution < -0.4 is 15.2 Å². The molecule has 3 aromatic carbocycles. The maximum atomic E-state index is 13.1. The number of aliphatic hydroxyl groups excluding tert-OH is 2. The van der Waals surface area contributed by atoms with Gasteiger partial charge in [-0.3, -0.25) is 9.80 Å². The van der Waals surface area contributed by atoms with Crippen molar-refractivity contribution in [1.29, 1.82) is 0 Å². The number of nitrogens with two attached hydrogens (primary N) is 1. The molecular formula is C50H53BrF3N9O4. The fourth-order valence-corrected chi connectivity index (χ4v) is 9.45. The molecule has 1 unspecified atom stereocenters. The van der Waals surface area contributed by atoms with Crippen molar-refractivity contribution in [2.45, 2.75) is 87.0 Å². The van der Waals surface area contributed by atoms with Crippen LogP contribution in [0.5, 0.6) is 11.5 Å². The molecule has 17 heteroatoms. The lowest BCUT2D eigenvalue weighted by Gasteiger charge is -2.32. The van der Waals surface area contributed by atoms with Crippen LogP contribution in [0.3, 0.4) is 0 Å². The van der Waals surface area contributed by atoms with Crippen molar-refractivity contribution in [2.24, 2.45) is 5.73 Å². The Morgan fingerprint density at radius 1 is 0.642 bits per heavy atom. The van der Waals surface area contributed by atoms with Gasteiger partial charge in [0.1, 0.15) is 28.7 Å². The second-order valence-corrected chi connectivity index (χ2v) is 19.4. The molecule has 0 spiro atoms. The molecule has 4 aliphatic rings. The molecule has 4 fully saturated rings. The number of hydrogen-bond donors (Lipinski definition) is 3. The summed E-state index contributed by atoms with van der Waals surface area (Å²) in [5, 5.41) is 28.1. The van der Waals surface area contributed by atoms with Crippen molar-refractivity contribution in [3.8, 4) is 44.9 Å². The maximum Gasteiger partial charge on any atom is 0.407 e. The fourth-order valence-electron chi connectivity index (χ4n) is 9.08. The van der Waals surface area contributed by atoms with Crippen LogP contribution in [0.4, 0.5) is 13.2 Å². The molecule has 2 aliphatic carbocycles. The Kier molecular flexibility index (Phi) is 12.6. The highest BCUT2D eigenvalue weighted by molar-refractivity contribution is 9.10. The lowest BCUT2D eigenvalue weighted by molar-refractivity contribution is -0.149. The summed E-state index contributed by atoms with van der Waals surface area (Å²) < 4.78 is 56.4. The number of piperidine rings is 2. The molecule has 4 aromatic heterocycles. The Morgan fingerprint density at radius 2 is 1.12 bits per heavy atom. The van der Waals surface area contributed by atoms with Crippen molar-refractivity contribution in [3.63, 3.8) is 0 Å². The number of nitrogens with zero attached hydrogens (tertiary/aromatic N) is 8. The van der Waals surface area contributed by atoms with E-state index >= 15 is 0 Å². The molecule has 4 N–H and O–H groups in total. The molecule has 2 saturated heterocycles. The quantitative estimate of drug-likeness (QED) is 0.108. The summed E-state index contributed by atoms with van der Waals surface area (Å²) in [6, 6.07) is 20.1. The van der Waals surface area contributed by atoms with Gasteiger partial charge >= 0.3 is 6.18 Å². The van der Waals surface area contributed by atoms with E-state index in [0.717, 1.165) is 135 Å². The number of benzene rings is 3. The van der Waals surface area contributed by atoms with Crippen LogP contribution in [0.15, 0.2) is 114 Å². The van der Waals surface area contributed by atoms with Gasteiger partial charge in [-0.15, -0.1) is 0 Å². The number of fused-ring (bicyclic) bond motifs is 2. The third kappa shape index (κ3) is 10.5. The zero-order valence-corrected chi connectivity index (χ0v) is 38.5. The topological polar surface area (TPSA) is 152 Å². The van der Waals surface area contributed by atoms with Gasteiger partial charge in [-0.25, -0.2) is 19.0 Å². The van der Waals surface area contributed by atoms with E-state index in [2.05, 4.69) is 58.0 Å². The minimum Gasteiger partial charge on any atom is -0.486 e. The number of ether oxygens (including phenoxy) is 2. The molecule has 0 radical (unpaired) electrons. The van der Waals surface area contributed by atoms with Crippen LogP contribution in [0, 0.1) is 0 Å². The van der Waals surface area contributed by atoms with Gasteiger partial charge in [0.2, 0.25) is 0 Å². The van der Waals surface area contributed by atoms with E-state index in [1.54, 1.807) is 39.8 Å². The molecule has 1 atom stereocenters.